The molecule has 0 bridgehead atoms. The van der Waals surface area contributed by atoms with Crippen LogP contribution in [0.2, 0.25) is 0 Å². The number of halogens is 3. The predicted molar refractivity (Wildman–Crippen MR) is 58.2 cm³/mol. The average Bonchev–Trinajstić information content (AvgIpc) is 2.72. The van der Waals surface area contributed by atoms with E-state index in [1.54, 1.807) is 5.38 Å². The molecule has 1 aromatic heterocycles. The highest BCUT2D eigenvalue weighted by atomic mass is 32.1. The smallest absolute Gasteiger partial charge is 0.411 e. The van der Waals surface area contributed by atoms with Gasteiger partial charge in [0.05, 0.1) is 25.8 Å². The minimum atomic E-state index is -4.33. The standard InChI is InChI=1S/C10H12F3NO3S/c1-16-9(15)3-2-7-5-18-8(14-7)4-17-6-10(11,12)13/h5H,2-4,6H2,1H3. The zero-order valence-corrected chi connectivity index (χ0v) is 10.4. The van der Waals surface area contributed by atoms with Gasteiger partial charge in [0.1, 0.15) is 11.6 Å². The van der Waals surface area contributed by atoms with Crippen LogP contribution in [0.5, 0.6) is 0 Å². The van der Waals surface area contributed by atoms with Crippen molar-refractivity contribution in [3.8, 4) is 0 Å². The molecule has 1 heterocycles. The summed E-state index contributed by atoms with van der Waals surface area (Å²) in [6, 6.07) is 0. The van der Waals surface area contributed by atoms with Crippen LogP contribution in [0.4, 0.5) is 13.2 Å². The van der Waals surface area contributed by atoms with Gasteiger partial charge in [-0.1, -0.05) is 0 Å². The minimum absolute atomic E-state index is 0.178. The van der Waals surface area contributed by atoms with Crippen molar-refractivity contribution in [2.45, 2.75) is 25.6 Å². The Morgan fingerprint density at radius 3 is 2.83 bits per heavy atom. The number of aryl methyl sites for hydroxylation is 1. The van der Waals surface area contributed by atoms with E-state index in [1.807, 2.05) is 0 Å². The van der Waals surface area contributed by atoms with Crippen LogP contribution in [-0.2, 0) is 27.3 Å². The molecule has 1 aromatic rings. The Balaban J connectivity index is 2.32. The fourth-order valence-corrected chi connectivity index (χ4v) is 1.88. The third kappa shape index (κ3) is 5.97. The van der Waals surface area contributed by atoms with Crippen molar-refractivity contribution in [2.24, 2.45) is 0 Å². The van der Waals surface area contributed by atoms with Crippen LogP contribution in [0.15, 0.2) is 5.38 Å². The van der Waals surface area contributed by atoms with Gasteiger partial charge in [0.25, 0.3) is 0 Å². The van der Waals surface area contributed by atoms with Gasteiger partial charge in [-0.05, 0) is 0 Å². The third-order valence-electron chi connectivity index (χ3n) is 1.90. The van der Waals surface area contributed by atoms with Crippen LogP contribution in [0.25, 0.3) is 0 Å². The van der Waals surface area contributed by atoms with E-state index in [4.69, 9.17) is 0 Å². The highest BCUT2D eigenvalue weighted by molar-refractivity contribution is 7.09. The number of hydrogen-bond donors (Lipinski definition) is 0. The Bertz CT molecular complexity index is 392. The van der Waals surface area contributed by atoms with Crippen molar-refractivity contribution in [1.82, 2.24) is 4.98 Å². The number of ether oxygens (including phenoxy) is 2. The molecule has 0 atom stereocenters. The normalized spacial score (nSPS) is 11.6. The molecular weight excluding hydrogens is 271 g/mol. The highest BCUT2D eigenvalue weighted by Crippen LogP contribution is 2.17. The summed E-state index contributed by atoms with van der Waals surface area (Å²) in [5.74, 6) is -0.349. The molecule has 4 nitrogen and oxygen atoms in total. The van der Waals surface area contributed by atoms with E-state index in [-0.39, 0.29) is 19.0 Å². The maximum absolute atomic E-state index is 11.8. The number of nitrogens with zero attached hydrogens (tertiary/aromatic N) is 1. The monoisotopic (exact) mass is 283 g/mol. The molecule has 0 unspecified atom stereocenters. The third-order valence-corrected chi connectivity index (χ3v) is 2.77. The number of rotatable bonds is 6. The van der Waals surface area contributed by atoms with E-state index in [0.717, 1.165) is 0 Å². The van der Waals surface area contributed by atoms with Crippen molar-refractivity contribution < 1.29 is 27.4 Å². The van der Waals surface area contributed by atoms with Crippen LogP contribution in [0.1, 0.15) is 17.1 Å². The van der Waals surface area contributed by atoms with Gasteiger partial charge in [-0.3, -0.25) is 4.79 Å². The zero-order chi connectivity index (χ0) is 13.6. The number of carbonyl (C=O) groups excluding carboxylic acids is 1. The summed E-state index contributed by atoms with van der Waals surface area (Å²) < 4.78 is 44.4. The summed E-state index contributed by atoms with van der Waals surface area (Å²) in [6.07, 6.45) is -3.73. The van der Waals surface area contributed by atoms with Crippen molar-refractivity contribution in [3.63, 3.8) is 0 Å². The largest absolute Gasteiger partial charge is 0.469 e. The van der Waals surface area contributed by atoms with Crippen molar-refractivity contribution in [3.05, 3.63) is 16.1 Å². The van der Waals surface area contributed by atoms with E-state index in [0.29, 0.717) is 17.1 Å². The lowest BCUT2D eigenvalue weighted by Gasteiger charge is -2.05. The van der Waals surface area contributed by atoms with Gasteiger partial charge in [0.15, 0.2) is 0 Å². The molecule has 0 fully saturated rings. The van der Waals surface area contributed by atoms with Crippen LogP contribution < -0.4 is 0 Å². The van der Waals surface area contributed by atoms with E-state index in [1.165, 1.54) is 18.4 Å². The molecule has 0 amide bonds. The maximum Gasteiger partial charge on any atom is 0.411 e. The molecule has 0 saturated carbocycles. The van der Waals surface area contributed by atoms with Crippen molar-refractivity contribution in [2.75, 3.05) is 13.7 Å². The number of alkyl halides is 3. The Morgan fingerprint density at radius 2 is 2.22 bits per heavy atom. The van der Waals surface area contributed by atoms with E-state index in [9.17, 15) is 18.0 Å². The summed E-state index contributed by atoms with van der Waals surface area (Å²) in [6.45, 7) is -1.47. The van der Waals surface area contributed by atoms with Gasteiger partial charge in [0, 0.05) is 11.8 Å². The molecular formula is C10H12F3NO3S. The number of esters is 1. The quantitative estimate of drug-likeness (QED) is 0.752. The molecule has 1 rings (SSSR count). The fraction of sp³-hybridized carbons (Fsp3) is 0.600. The molecule has 18 heavy (non-hydrogen) atoms. The van der Waals surface area contributed by atoms with E-state index in [2.05, 4.69) is 14.5 Å². The second kappa shape index (κ2) is 6.69. The number of methoxy groups -OCH3 is 1. The number of carbonyl (C=O) groups is 1. The molecule has 0 N–H and O–H groups in total. The molecule has 0 saturated heterocycles. The van der Waals surface area contributed by atoms with Crippen molar-refractivity contribution in [1.29, 1.82) is 0 Å². The second-order valence-electron chi connectivity index (χ2n) is 3.42. The number of hydrogen-bond acceptors (Lipinski definition) is 5. The highest BCUT2D eigenvalue weighted by Gasteiger charge is 2.27. The van der Waals surface area contributed by atoms with Gasteiger partial charge >= 0.3 is 12.1 Å². The summed E-state index contributed by atoms with van der Waals surface area (Å²) in [5.41, 5.74) is 0.649. The lowest BCUT2D eigenvalue weighted by Crippen LogP contribution is -2.16. The van der Waals surface area contributed by atoms with Crippen LogP contribution in [0, 0.1) is 0 Å². The number of aromatic nitrogens is 1. The average molecular weight is 283 g/mol. The molecule has 0 aromatic carbocycles. The van der Waals surface area contributed by atoms with Crippen molar-refractivity contribution >= 4 is 17.3 Å². The second-order valence-corrected chi connectivity index (χ2v) is 4.36. The van der Waals surface area contributed by atoms with Gasteiger partial charge in [0.2, 0.25) is 0 Å². The fourth-order valence-electron chi connectivity index (χ4n) is 1.12. The molecule has 0 aliphatic rings. The van der Waals surface area contributed by atoms with Gasteiger partial charge < -0.3 is 9.47 Å². The van der Waals surface area contributed by atoms with E-state index < -0.39 is 12.8 Å². The predicted octanol–water partition coefficient (Wildman–Crippen LogP) is 2.33. The molecule has 102 valence electrons. The molecule has 0 aliphatic heterocycles. The van der Waals surface area contributed by atoms with Gasteiger partial charge in [-0.25, -0.2) is 4.98 Å². The SMILES string of the molecule is COC(=O)CCc1csc(COCC(F)(F)F)n1. The van der Waals surface area contributed by atoms with Crippen LogP contribution in [-0.4, -0.2) is 30.8 Å². The lowest BCUT2D eigenvalue weighted by molar-refractivity contribution is -0.176. The van der Waals surface area contributed by atoms with Crippen LogP contribution in [0.3, 0.4) is 0 Å². The Kier molecular flexibility index (Phi) is 5.54. The Labute approximate surface area is 106 Å². The first kappa shape index (κ1) is 14.9. The van der Waals surface area contributed by atoms with Crippen LogP contribution >= 0.6 is 11.3 Å². The Morgan fingerprint density at radius 1 is 1.50 bits per heavy atom. The summed E-state index contributed by atoms with van der Waals surface area (Å²) in [5, 5.41) is 2.15. The van der Waals surface area contributed by atoms with Gasteiger partial charge in [-0.15, -0.1) is 11.3 Å². The van der Waals surface area contributed by atoms with Gasteiger partial charge in [-0.2, -0.15) is 13.2 Å². The molecule has 0 spiro atoms. The Hall–Kier alpha value is -1.15. The first-order valence-electron chi connectivity index (χ1n) is 5.05. The summed E-state index contributed by atoms with van der Waals surface area (Å²) >= 11 is 1.20. The first-order chi connectivity index (χ1) is 8.40. The summed E-state index contributed by atoms with van der Waals surface area (Å²) in [4.78, 5) is 14.9. The summed E-state index contributed by atoms with van der Waals surface area (Å²) in [7, 11) is 1.29. The molecule has 8 heteroatoms. The topological polar surface area (TPSA) is 48.4 Å². The first-order valence-corrected chi connectivity index (χ1v) is 5.93. The molecule has 0 radical (unpaired) electrons. The molecule has 0 aliphatic carbocycles. The van der Waals surface area contributed by atoms with E-state index >= 15 is 0 Å². The zero-order valence-electron chi connectivity index (χ0n) is 9.62. The minimum Gasteiger partial charge on any atom is -0.469 e. The lowest BCUT2D eigenvalue weighted by atomic mass is 10.2. The number of thiazole rings is 1. The maximum atomic E-state index is 11.8.